The lowest BCUT2D eigenvalue weighted by molar-refractivity contribution is -0.113. The lowest BCUT2D eigenvalue weighted by atomic mass is 10.2. The second-order valence-corrected chi connectivity index (χ2v) is 7.51. The second-order valence-electron chi connectivity index (χ2n) is 6.08. The van der Waals surface area contributed by atoms with E-state index in [-0.39, 0.29) is 11.7 Å². The number of ether oxygens (including phenoxy) is 2. The molecule has 3 rings (SSSR count). The van der Waals surface area contributed by atoms with Crippen molar-refractivity contribution in [3.8, 4) is 22.9 Å². The van der Waals surface area contributed by atoms with Crippen LogP contribution in [0.5, 0.6) is 11.5 Å². The summed E-state index contributed by atoms with van der Waals surface area (Å²) >= 11 is 7.34. The molecule has 0 aliphatic carbocycles. The van der Waals surface area contributed by atoms with Crippen molar-refractivity contribution in [2.75, 3.05) is 25.3 Å². The summed E-state index contributed by atoms with van der Waals surface area (Å²) in [6, 6.07) is 14.4. The van der Waals surface area contributed by atoms with Crippen LogP contribution in [0.15, 0.2) is 53.6 Å². The van der Waals surface area contributed by atoms with Gasteiger partial charge in [0, 0.05) is 16.3 Å². The fourth-order valence-electron chi connectivity index (χ4n) is 2.59. The van der Waals surface area contributed by atoms with Crippen LogP contribution < -0.4 is 14.8 Å². The van der Waals surface area contributed by atoms with E-state index in [4.69, 9.17) is 21.1 Å². The monoisotopic (exact) mass is 429 g/mol. The molecule has 6 nitrogen and oxygen atoms in total. The molecule has 1 amide bonds. The molecule has 150 valence electrons. The van der Waals surface area contributed by atoms with Crippen molar-refractivity contribution in [3.63, 3.8) is 0 Å². The molecular formula is C21H20ClN3O3S. The molecule has 0 saturated carbocycles. The van der Waals surface area contributed by atoms with Crippen LogP contribution in [-0.2, 0) is 4.79 Å². The zero-order valence-electron chi connectivity index (χ0n) is 16.2. The molecule has 2 aromatic carbocycles. The Morgan fingerprint density at radius 1 is 1.07 bits per heavy atom. The molecule has 0 radical (unpaired) electrons. The van der Waals surface area contributed by atoms with Crippen molar-refractivity contribution in [1.29, 1.82) is 0 Å². The summed E-state index contributed by atoms with van der Waals surface area (Å²) in [6.45, 7) is 1.90. The molecule has 0 fully saturated rings. The number of carbonyl (C=O) groups is 1. The Morgan fingerprint density at radius 3 is 2.52 bits per heavy atom. The molecule has 0 aliphatic heterocycles. The van der Waals surface area contributed by atoms with Crippen molar-refractivity contribution in [3.05, 3.63) is 59.2 Å². The first-order valence-corrected chi connectivity index (χ1v) is 10.1. The Labute approximate surface area is 178 Å². The fraction of sp³-hybridized carbons (Fsp3) is 0.190. The van der Waals surface area contributed by atoms with Crippen molar-refractivity contribution in [1.82, 2.24) is 9.97 Å². The Balaban J connectivity index is 1.69. The number of halogens is 1. The molecule has 0 atom stereocenters. The third-order valence-corrected chi connectivity index (χ3v) is 5.11. The molecule has 0 aliphatic rings. The molecule has 3 aromatic rings. The number of benzene rings is 2. The van der Waals surface area contributed by atoms with Crippen LogP contribution in [0, 0.1) is 6.92 Å². The van der Waals surface area contributed by atoms with Gasteiger partial charge in [-0.1, -0.05) is 23.4 Å². The number of anilines is 1. The summed E-state index contributed by atoms with van der Waals surface area (Å²) in [5.74, 6) is 1.93. The number of methoxy groups -OCH3 is 2. The number of rotatable bonds is 7. The van der Waals surface area contributed by atoms with E-state index in [0.29, 0.717) is 22.3 Å². The van der Waals surface area contributed by atoms with Crippen LogP contribution in [0.4, 0.5) is 5.69 Å². The van der Waals surface area contributed by atoms with Gasteiger partial charge in [-0.2, -0.15) is 0 Å². The highest BCUT2D eigenvalue weighted by atomic mass is 35.5. The Kier molecular flexibility index (Phi) is 6.95. The van der Waals surface area contributed by atoms with Crippen LogP contribution in [0.25, 0.3) is 11.4 Å². The van der Waals surface area contributed by atoms with E-state index in [1.165, 1.54) is 18.9 Å². The quantitative estimate of drug-likeness (QED) is 0.427. The highest BCUT2D eigenvalue weighted by Gasteiger charge is 2.11. The molecule has 29 heavy (non-hydrogen) atoms. The van der Waals surface area contributed by atoms with Gasteiger partial charge in [0.15, 0.2) is 5.82 Å². The van der Waals surface area contributed by atoms with E-state index in [1.54, 1.807) is 25.3 Å². The van der Waals surface area contributed by atoms with Crippen LogP contribution >= 0.6 is 23.4 Å². The van der Waals surface area contributed by atoms with Gasteiger partial charge in [0.2, 0.25) is 5.91 Å². The minimum absolute atomic E-state index is 0.183. The minimum atomic E-state index is -0.183. The van der Waals surface area contributed by atoms with Gasteiger partial charge in [-0.3, -0.25) is 4.79 Å². The number of carbonyl (C=O) groups excluding carboxylic acids is 1. The molecule has 8 heteroatoms. The van der Waals surface area contributed by atoms with Crippen molar-refractivity contribution >= 4 is 35.0 Å². The summed E-state index contributed by atoms with van der Waals surface area (Å²) in [5.41, 5.74) is 2.23. The number of hydrogen-bond acceptors (Lipinski definition) is 6. The maximum Gasteiger partial charge on any atom is 0.234 e. The smallest absolute Gasteiger partial charge is 0.234 e. The van der Waals surface area contributed by atoms with Gasteiger partial charge in [0.1, 0.15) is 16.5 Å². The summed E-state index contributed by atoms with van der Waals surface area (Å²) in [7, 11) is 3.16. The maximum atomic E-state index is 12.4. The number of aromatic nitrogens is 2. The summed E-state index contributed by atoms with van der Waals surface area (Å²) < 4.78 is 10.4. The summed E-state index contributed by atoms with van der Waals surface area (Å²) in [5, 5.41) is 4.06. The van der Waals surface area contributed by atoms with Crippen molar-refractivity contribution in [2.24, 2.45) is 0 Å². The van der Waals surface area contributed by atoms with Gasteiger partial charge in [-0.25, -0.2) is 9.97 Å². The zero-order chi connectivity index (χ0) is 20.8. The van der Waals surface area contributed by atoms with Crippen LogP contribution in [0.3, 0.4) is 0 Å². The number of nitrogens with zero attached hydrogens (tertiary/aromatic N) is 2. The molecule has 0 spiro atoms. The van der Waals surface area contributed by atoms with Crippen molar-refractivity contribution < 1.29 is 14.3 Å². The molecule has 0 saturated heterocycles. The normalized spacial score (nSPS) is 10.5. The number of hydrogen-bond donors (Lipinski definition) is 1. The van der Waals surface area contributed by atoms with Gasteiger partial charge in [0.05, 0.1) is 25.7 Å². The molecule has 0 bridgehead atoms. The Hall–Kier alpha value is -2.77. The lowest BCUT2D eigenvalue weighted by Crippen LogP contribution is -2.15. The Morgan fingerprint density at radius 2 is 1.83 bits per heavy atom. The highest BCUT2D eigenvalue weighted by Crippen LogP contribution is 2.28. The van der Waals surface area contributed by atoms with Gasteiger partial charge in [0.25, 0.3) is 0 Å². The van der Waals surface area contributed by atoms with Gasteiger partial charge in [-0.15, -0.1) is 0 Å². The highest BCUT2D eigenvalue weighted by molar-refractivity contribution is 7.99. The maximum absolute atomic E-state index is 12.4. The van der Waals surface area contributed by atoms with Crippen LogP contribution in [-0.4, -0.2) is 35.8 Å². The molecular weight excluding hydrogens is 410 g/mol. The minimum Gasteiger partial charge on any atom is -0.497 e. The predicted molar refractivity (Wildman–Crippen MR) is 116 cm³/mol. The molecule has 1 heterocycles. The van der Waals surface area contributed by atoms with Gasteiger partial charge >= 0.3 is 0 Å². The molecule has 0 unspecified atom stereocenters. The molecule has 1 N–H and O–H groups in total. The topological polar surface area (TPSA) is 73.3 Å². The van der Waals surface area contributed by atoms with Crippen LogP contribution in [0.1, 0.15) is 5.69 Å². The first-order valence-electron chi connectivity index (χ1n) is 8.75. The first kappa shape index (κ1) is 21.0. The number of aryl methyl sites for hydroxylation is 1. The van der Waals surface area contributed by atoms with Gasteiger partial charge in [-0.05, 0) is 55.5 Å². The number of amides is 1. The SMILES string of the molecule is COc1ccc(-c2nc(C)cc(SCC(=O)Nc3cc(Cl)ccc3OC)n2)cc1. The van der Waals surface area contributed by atoms with E-state index < -0.39 is 0 Å². The van der Waals surface area contributed by atoms with E-state index >= 15 is 0 Å². The number of thioether (sulfide) groups is 1. The largest absolute Gasteiger partial charge is 0.497 e. The third kappa shape index (κ3) is 5.62. The summed E-state index contributed by atoms with van der Waals surface area (Å²) in [6.07, 6.45) is 0. The van der Waals surface area contributed by atoms with Crippen molar-refractivity contribution in [2.45, 2.75) is 11.9 Å². The lowest BCUT2D eigenvalue weighted by Gasteiger charge is -2.11. The zero-order valence-corrected chi connectivity index (χ0v) is 17.8. The first-order chi connectivity index (χ1) is 14.0. The van der Waals surface area contributed by atoms with Crippen LogP contribution in [0.2, 0.25) is 5.02 Å². The summed E-state index contributed by atoms with van der Waals surface area (Å²) in [4.78, 5) is 21.4. The average Bonchev–Trinajstić information content (AvgIpc) is 2.72. The predicted octanol–water partition coefficient (Wildman–Crippen LogP) is 4.85. The second kappa shape index (κ2) is 9.62. The van der Waals surface area contributed by atoms with E-state index in [0.717, 1.165) is 22.0 Å². The Bertz CT molecular complexity index is 1010. The van der Waals surface area contributed by atoms with E-state index in [1.807, 2.05) is 37.3 Å². The number of nitrogens with one attached hydrogen (secondary N) is 1. The van der Waals surface area contributed by atoms with E-state index in [9.17, 15) is 4.79 Å². The van der Waals surface area contributed by atoms with E-state index in [2.05, 4.69) is 15.3 Å². The third-order valence-electron chi connectivity index (χ3n) is 3.97. The standard InChI is InChI=1S/C21H20ClN3O3S/c1-13-10-20(25-21(23-13)14-4-7-16(27-2)8-5-14)29-12-19(26)24-17-11-15(22)6-9-18(17)28-3/h4-11H,12H2,1-3H3,(H,24,26). The fourth-order valence-corrected chi connectivity index (χ4v) is 3.51. The van der Waals surface area contributed by atoms with Gasteiger partial charge < -0.3 is 14.8 Å². The average molecular weight is 430 g/mol. The molecule has 1 aromatic heterocycles.